The van der Waals surface area contributed by atoms with Crippen molar-refractivity contribution < 1.29 is 14.6 Å². The van der Waals surface area contributed by atoms with Crippen LogP contribution in [0.4, 0.5) is 0 Å². The second-order valence-electron chi connectivity index (χ2n) is 6.09. The van der Waals surface area contributed by atoms with Crippen molar-refractivity contribution in [2.45, 2.75) is 71.9 Å². The Hall–Kier alpha value is -0.120. The van der Waals surface area contributed by atoms with Crippen molar-refractivity contribution in [1.29, 1.82) is 0 Å². The topological polar surface area (TPSA) is 38.7 Å². The Morgan fingerprint density at radius 1 is 1.35 bits per heavy atom. The molecule has 0 aromatic rings. The van der Waals surface area contributed by atoms with Gasteiger partial charge in [-0.25, -0.2) is 0 Å². The molecule has 0 unspecified atom stereocenters. The fraction of sp³-hybridized carbons (Fsp3) is 1.00. The Morgan fingerprint density at radius 3 is 2.59 bits per heavy atom. The van der Waals surface area contributed by atoms with Gasteiger partial charge in [0.15, 0.2) is 5.79 Å². The Balaban J connectivity index is 2.30. The van der Waals surface area contributed by atoms with Crippen molar-refractivity contribution in [2.75, 3.05) is 6.61 Å². The molecule has 102 valence electrons. The summed E-state index contributed by atoms with van der Waals surface area (Å²) in [7, 11) is 0. The molecule has 1 saturated heterocycles. The van der Waals surface area contributed by atoms with Gasteiger partial charge in [0.05, 0.1) is 18.8 Å². The van der Waals surface area contributed by atoms with E-state index in [9.17, 15) is 5.11 Å². The van der Waals surface area contributed by atoms with E-state index >= 15 is 0 Å². The first-order chi connectivity index (χ1) is 7.82. The molecule has 17 heavy (non-hydrogen) atoms. The highest BCUT2D eigenvalue weighted by Crippen LogP contribution is 2.29. The zero-order valence-corrected chi connectivity index (χ0v) is 11.9. The summed E-state index contributed by atoms with van der Waals surface area (Å²) < 4.78 is 11.5. The molecule has 3 atom stereocenters. The molecule has 0 aromatic carbocycles. The molecule has 3 nitrogen and oxygen atoms in total. The average Bonchev–Trinajstić information content (AvgIpc) is 2.22. The molecule has 1 aliphatic heterocycles. The van der Waals surface area contributed by atoms with Gasteiger partial charge >= 0.3 is 0 Å². The van der Waals surface area contributed by atoms with E-state index in [1.807, 2.05) is 13.8 Å². The summed E-state index contributed by atoms with van der Waals surface area (Å²) in [5.74, 6) is 0.340. The van der Waals surface area contributed by atoms with Gasteiger partial charge in [-0.1, -0.05) is 20.8 Å². The smallest absolute Gasteiger partial charge is 0.163 e. The van der Waals surface area contributed by atoms with Crippen molar-refractivity contribution >= 4 is 0 Å². The monoisotopic (exact) mass is 244 g/mol. The van der Waals surface area contributed by atoms with Crippen LogP contribution in [0.15, 0.2) is 0 Å². The maximum Gasteiger partial charge on any atom is 0.163 e. The van der Waals surface area contributed by atoms with E-state index in [1.54, 1.807) is 0 Å². The van der Waals surface area contributed by atoms with Gasteiger partial charge in [0.2, 0.25) is 0 Å². The van der Waals surface area contributed by atoms with E-state index in [1.165, 1.54) is 0 Å². The summed E-state index contributed by atoms with van der Waals surface area (Å²) in [5.41, 5.74) is 0. The lowest BCUT2D eigenvalue weighted by molar-refractivity contribution is -0.291. The van der Waals surface area contributed by atoms with Crippen LogP contribution in [0, 0.1) is 11.8 Å². The standard InChI is InChI=1S/C14H28O3/c1-10(2)12(15)7-6-8-13-11(3)9-16-14(4,5)17-13/h10-13,15H,6-9H2,1-5H3/t11-,12-,13+/m0/s1. The van der Waals surface area contributed by atoms with Gasteiger partial charge < -0.3 is 14.6 Å². The number of aliphatic hydroxyl groups excluding tert-OH is 1. The molecule has 0 bridgehead atoms. The minimum absolute atomic E-state index is 0.182. The molecule has 0 aromatic heterocycles. The van der Waals surface area contributed by atoms with Crippen LogP contribution in [0.3, 0.4) is 0 Å². The first-order valence-corrected chi connectivity index (χ1v) is 6.81. The van der Waals surface area contributed by atoms with Crippen LogP contribution in [-0.2, 0) is 9.47 Å². The van der Waals surface area contributed by atoms with E-state index in [0.717, 1.165) is 25.9 Å². The number of rotatable bonds is 5. The third-order valence-electron chi connectivity index (χ3n) is 3.52. The molecule has 0 aliphatic carbocycles. The van der Waals surface area contributed by atoms with Gasteiger partial charge in [-0.2, -0.15) is 0 Å². The zero-order valence-electron chi connectivity index (χ0n) is 11.9. The summed E-state index contributed by atoms with van der Waals surface area (Å²) >= 11 is 0. The Morgan fingerprint density at radius 2 is 2.00 bits per heavy atom. The maximum absolute atomic E-state index is 9.76. The fourth-order valence-corrected chi connectivity index (χ4v) is 2.16. The zero-order chi connectivity index (χ0) is 13.1. The van der Waals surface area contributed by atoms with Crippen molar-refractivity contribution in [2.24, 2.45) is 11.8 Å². The van der Waals surface area contributed by atoms with E-state index in [4.69, 9.17) is 9.47 Å². The quantitative estimate of drug-likeness (QED) is 0.808. The summed E-state index contributed by atoms with van der Waals surface area (Å²) in [5, 5.41) is 9.76. The Kier molecular flexibility index (Phi) is 5.42. The fourth-order valence-electron chi connectivity index (χ4n) is 2.16. The first-order valence-electron chi connectivity index (χ1n) is 6.81. The molecule has 1 aliphatic rings. The third-order valence-corrected chi connectivity index (χ3v) is 3.52. The molecular weight excluding hydrogens is 216 g/mol. The molecule has 1 rings (SSSR count). The summed E-state index contributed by atoms with van der Waals surface area (Å²) in [6.07, 6.45) is 2.98. The maximum atomic E-state index is 9.76. The summed E-state index contributed by atoms with van der Waals surface area (Å²) in [6, 6.07) is 0. The lowest BCUT2D eigenvalue weighted by atomic mass is 9.95. The molecule has 1 fully saturated rings. The van der Waals surface area contributed by atoms with Crippen molar-refractivity contribution in [3.63, 3.8) is 0 Å². The highest BCUT2D eigenvalue weighted by Gasteiger charge is 2.33. The predicted octanol–water partition coefficient (Wildman–Crippen LogP) is 2.96. The molecule has 0 saturated carbocycles. The van der Waals surface area contributed by atoms with Crippen molar-refractivity contribution in [3.05, 3.63) is 0 Å². The van der Waals surface area contributed by atoms with Crippen LogP contribution >= 0.6 is 0 Å². The van der Waals surface area contributed by atoms with Gasteiger partial charge in [-0.3, -0.25) is 0 Å². The minimum Gasteiger partial charge on any atom is -0.393 e. The van der Waals surface area contributed by atoms with Gasteiger partial charge in [0, 0.05) is 5.92 Å². The van der Waals surface area contributed by atoms with E-state index in [0.29, 0.717) is 11.8 Å². The normalized spacial score (nSPS) is 30.5. The van der Waals surface area contributed by atoms with Crippen LogP contribution < -0.4 is 0 Å². The Bertz CT molecular complexity index is 226. The van der Waals surface area contributed by atoms with Crippen LogP contribution in [0.5, 0.6) is 0 Å². The molecule has 0 amide bonds. The molecule has 0 radical (unpaired) electrons. The third kappa shape index (κ3) is 4.94. The van der Waals surface area contributed by atoms with Crippen LogP contribution in [0.2, 0.25) is 0 Å². The van der Waals surface area contributed by atoms with Crippen molar-refractivity contribution in [3.8, 4) is 0 Å². The first kappa shape index (κ1) is 14.9. The van der Waals surface area contributed by atoms with Crippen LogP contribution in [0.1, 0.15) is 53.9 Å². The number of ether oxygens (including phenoxy) is 2. The van der Waals surface area contributed by atoms with Crippen molar-refractivity contribution in [1.82, 2.24) is 0 Å². The molecule has 0 spiro atoms. The number of hydrogen-bond acceptors (Lipinski definition) is 3. The molecule has 1 N–H and O–H groups in total. The SMILES string of the molecule is CC(C)[C@@H](O)CCC[C@H]1OC(C)(C)OC[C@@H]1C. The highest BCUT2D eigenvalue weighted by atomic mass is 16.7. The summed E-state index contributed by atoms with van der Waals surface area (Å²) in [4.78, 5) is 0. The molecular formula is C14H28O3. The highest BCUT2D eigenvalue weighted by molar-refractivity contribution is 4.75. The van der Waals surface area contributed by atoms with E-state index < -0.39 is 5.79 Å². The van der Waals surface area contributed by atoms with E-state index in [-0.39, 0.29) is 12.2 Å². The second-order valence-corrected chi connectivity index (χ2v) is 6.09. The van der Waals surface area contributed by atoms with Gasteiger partial charge in [0.1, 0.15) is 0 Å². The van der Waals surface area contributed by atoms with E-state index in [2.05, 4.69) is 20.8 Å². The van der Waals surface area contributed by atoms with Gasteiger partial charge in [-0.05, 0) is 39.0 Å². The largest absolute Gasteiger partial charge is 0.393 e. The Labute approximate surface area is 105 Å². The van der Waals surface area contributed by atoms with Gasteiger partial charge in [0.25, 0.3) is 0 Å². The number of aliphatic hydroxyl groups is 1. The average molecular weight is 244 g/mol. The molecule has 1 heterocycles. The van der Waals surface area contributed by atoms with Gasteiger partial charge in [-0.15, -0.1) is 0 Å². The lowest BCUT2D eigenvalue weighted by Crippen LogP contribution is -2.44. The second kappa shape index (κ2) is 6.17. The summed E-state index contributed by atoms with van der Waals surface area (Å²) in [6.45, 7) is 11.0. The lowest BCUT2D eigenvalue weighted by Gasteiger charge is -2.40. The minimum atomic E-state index is -0.451. The predicted molar refractivity (Wildman–Crippen MR) is 68.8 cm³/mol. The van der Waals surface area contributed by atoms with Crippen LogP contribution in [-0.4, -0.2) is 29.7 Å². The number of hydrogen-bond donors (Lipinski definition) is 1. The molecule has 3 heteroatoms. The van der Waals surface area contributed by atoms with Crippen LogP contribution in [0.25, 0.3) is 0 Å².